The third-order valence-electron chi connectivity index (χ3n) is 5.05. The van der Waals surface area contributed by atoms with Gasteiger partial charge in [-0.3, -0.25) is 9.32 Å². The van der Waals surface area contributed by atoms with Crippen molar-refractivity contribution in [1.29, 1.82) is 0 Å². The van der Waals surface area contributed by atoms with Crippen LogP contribution < -0.4 is 0 Å². The standard InChI is InChI=1S/C16H24ClN5O3S2/c1-27(23,24)22-4-2-19(3-5-22)12-15-18-16-13(20-6-8-25-9-7-20)10-21(17)11-14(16)26-15/h10H,2-9,11-12H2,1H3. The zero-order valence-corrected chi connectivity index (χ0v) is 17.7. The zero-order chi connectivity index (χ0) is 19.0. The molecule has 27 heavy (non-hydrogen) atoms. The number of morpholine rings is 1. The van der Waals surface area contributed by atoms with Crippen molar-refractivity contribution in [2.75, 3.05) is 58.7 Å². The van der Waals surface area contributed by atoms with Gasteiger partial charge in [-0.1, -0.05) is 0 Å². The molecule has 0 N–H and O–H groups in total. The summed E-state index contributed by atoms with van der Waals surface area (Å²) in [6.45, 7) is 7.06. The van der Waals surface area contributed by atoms with Crippen molar-refractivity contribution < 1.29 is 13.2 Å². The molecule has 4 rings (SSSR count). The van der Waals surface area contributed by atoms with Crippen LogP contribution in [-0.2, 0) is 27.8 Å². The molecule has 11 heteroatoms. The number of sulfonamides is 1. The van der Waals surface area contributed by atoms with Crippen molar-refractivity contribution in [1.82, 2.24) is 23.5 Å². The molecule has 0 spiro atoms. The van der Waals surface area contributed by atoms with E-state index in [1.165, 1.54) is 11.1 Å². The molecule has 8 nitrogen and oxygen atoms in total. The minimum absolute atomic E-state index is 0.540. The van der Waals surface area contributed by atoms with Gasteiger partial charge in [0.15, 0.2) is 0 Å². The number of fused-ring (bicyclic) bond motifs is 1. The minimum Gasteiger partial charge on any atom is -0.378 e. The third-order valence-corrected chi connectivity index (χ3v) is 7.60. The first-order valence-electron chi connectivity index (χ1n) is 9.03. The van der Waals surface area contributed by atoms with Crippen LogP contribution in [0.4, 0.5) is 0 Å². The first kappa shape index (κ1) is 19.4. The molecule has 0 aliphatic carbocycles. The second-order valence-corrected chi connectivity index (χ2v) is 10.6. The lowest BCUT2D eigenvalue weighted by Gasteiger charge is -2.33. The normalized spacial score (nSPS) is 22.7. The average molecular weight is 434 g/mol. The van der Waals surface area contributed by atoms with Crippen LogP contribution in [0, 0.1) is 0 Å². The average Bonchev–Trinajstić information content (AvgIpc) is 3.03. The van der Waals surface area contributed by atoms with E-state index in [0.717, 1.165) is 62.3 Å². The molecule has 0 amide bonds. The van der Waals surface area contributed by atoms with Crippen molar-refractivity contribution in [3.8, 4) is 0 Å². The van der Waals surface area contributed by atoms with Gasteiger partial charge in [-0.2, -0.15) is 4.31 Å². The molecule has 0 atom stereocenters. The van der Waals surface area contributed by atoms with E-state index >= 15 is 0 Å². The number of aromatic nitrogens is 1. The summed E-state index contributed by atoms with van der Waals surface area (Å²) >= 11 is 8.02. The number of hydrogen-bond donors (Lipinski definition) is 0. The molecule has 3 aliphatic heterocycles. The van der Waals surface area contributed by atoms with E-state index in [1.54, 1.807) is 20.1 Å². The van der Waals surface area contributed by atoms with Crippen molar-refractivity contribution in [2.45, 2.75) is 13.1 Å². The second kappa shape index (κ2) is 7.84. The molecular weight excluding hydrogens is 410 g/mol. The number of piperazine rings is 1. The van der Waals surface area contributed by atoms with Gasteiger partial charge in [0.05, 0.1) is 43.1 Å². The quantitative estimate of drug-likeness (QED) is 0.651. The molecule has 150 valence electrons. The molecule has 2 saturated heterocycles. The molecular formula is C16H24ClN5O3S2. The lowest BCUT2D eigenvalue weighted by Crippen LogP contribution is -2.47. The summed E-state index contributed by atoms with van der Waals surface area (Å²) in [6, 6.07) is 0. The minimum atomic E-state index is -3.10. The number of thiazole rings is 1. The Morgan fingerprint density at radius 1 is 1.19 bits per heavy atom. The molecule has 0 radical (unpaired) electrons. The Hall–Kier alpha value is -0.910. The second-order valence-electron chi connectivity index (χ2n) is 6.99. The molecule has 1 aromatic rings. The fourth-order valence-corrected chi connectivity index (χ4v) is 5.83. The Morgan fingerprint density at radius 2 is 1.89 bits per heavy atom. The van der Waals surface area contributed by atoms with E-state index < -0.39 is 10.0 Å². The van der Waals surface area contributed by atoms with E-state index in [1.807, 2.05) is 6.20 Å². The smallest absolute Gasteiger partial charge is 0.211 e. The summed E-state index contributed by atoms with van der Waals surface area (Å²) in [7, 11) is -3.10. The predicted molar refractivity (Wildman–Crippen MR) is 106 cm³/mol. The van der Waals surface area contributed by atoms with Crippen LogP contribution in [0.15, 0.2) is 6.20 Å². The first-order chi connectivity index (χ1) is 12.9. The van der Waals surface area contributed by atoms with Crippen molar-refractivity contribution in [3.05, 3.63) is 21.8 Å². The van der Waals surface area contributed by atoms with E-state index in [9.17, 15) is 8.42 Å². The summed E-state index contributed by atoms with van der Waals surface area (Å²) in [5.41, 5.74) is 2.10. The fourth-order valence-electron chi connectivity index (χ4n) is 3.60. The Balaban J connectivity index is 1.45. The Morgan fingerprint density at radius 3 is 2.56 bits per heavy atom. The number of ether oxygens (including phenoxy) is 1. The van der Waals surface area contributed by atoms with Gasteiger partial charge in [0.2, 0.25) is 10.0 Å². The molecule has 3 aliphatic rings. The Kier molecular flexibility index (Phi) is 5.64. The summed E-state index contributed by atoms with van der Waals surface area (Å²) in [4.78, 5) is 10.6. The summed E-state index contributed by atoms with van der Waals surface area (Å²) < 4.78 is 32.0. The van der Waals surface area contributed by atoms with Crippen molar-refractivity contribution >= 4 is 38.8 Å². The van der Waals surface area contributed by atoms with Gasteiger partial charge in [0.1, 0.15) is 10.7 Å². The first-order valence-corrected chi connectivity index (χ1v) is 12.0. The third kappa shape index (κ3) is 4.41. The van der Waals surface area contributed by atoms with Gasteiger partial charge >= 0.3 is 0 Å². The Bertz CT molecular complexity index is 814. The summed E-state index contributed by atoms with van der Waals surface area (Å²) in [5, 5.41) is 1.05. The highest BCUT2D eigenvalue weighted by atomic mass is 35.5. The molecule has 2 fully saturated rings. The number of rotatable bonds is 4. The highest BCUT2D eigenvalue weighted by Gasteiger charge is 2.28. The van der Waals surface area contributed by atoms with Crippen LogP contribution in [0.2, 0.25) is 0 Å². The topological polar surface area (TPSA) is 69.2 Å². The summed E-state index contributed by atoms with van der Waals surface area (Å²) in [6.07, 6.45) is 3.23. The van der Waals surface area contributed by atoms with E-state index in [4.69, 9.17) is 21.5 Å². The molecule has 0 unspecified atom stereocenters. The SMILES string of the molecule is CS(=O)(=O)N1CCN(Cc2nc3c(s2)CN(Cl)C=C3N2CCOCC2)CC1. The van der Waals surface area contributed by atoms with E-state index in [2.05, 4.69) is 9.80 Å². The fraction of sp³-hybridized carbons (Fsp3) is 0.688. The lowest BCUT2D eigenvalue weighted by molar-refractivity contribution is 0.0633. The maximum absolute atomic E-state index is 11.7. The predicted octanol–water partition coefficient (Wildman–Crippen LogP) is 0.820. The number of nitrogens with zero attached hydrogens (tertiary/aromatic N) is 5. The van der Waals surface area contributed by atoms with Crippen LogP contribution in [-0.4, -0.2) is 90.7 Å². The molecule has 0 aromatic carbocycles. The van der Waals surface area contributed by atoms with Gasteiger partial charge in [-0.05, 0) is 0 Å². The maximum atomic E-state index is 11.7. The molecule has 4 heterocycles. The van der Waals surface area contributed by atoms with Crippen molar-refractivity contribution in [2.24, 2.45) is 0 Å². The Labute approximate surface area is 169 Å². The number of hydrogen-bond acceptors (Lipinski definition) is 8. The maximum Gasteiger partial charge on any atom is 0.211 e. The molecule has 0 saturated carbocycles. The monoisotopic (exact) mass is 433 g/mol. The van der Waals surface area contributed by atoms with Crippen molar-refractivity contribution in [3.63, 3.8) is 0 Å². The molecule has 0 bridgehead atoms. The van der Waals surface area contributed by atoms with E-state index in [-0.39, 0.29) is 0 Å². The van der Waals surface area contributed by atoms with Crippen LogP contribution >= 0.6 is 23.1 Å². The van der Waals surface area contributed by atoms with Gasteiger partial charge in [-0.25, -0.2) is 13.4 Å². The van der Waals surface area contributed by atoms with Crippen LogP contribution in [0.25, 0.3) is 5.70 Å². The highest BCUT2D eigenvalue weighted by molar-refractivity contribution is 7.88. The van der Waals surface area contributed by atoms with Gasteiger partial charge in [-0.15, -0.1) is 11.3 Å². The van der Waals surface area contributed by atoms with Gasteiger partial charge < -0.3 is 9.64 Å². The van der Waals surface area contributed by atoms with E-state index in [0.29, 0.717) is 19.6 Å². The number of halogens is 1. The highest BCUT2D eigenvalue weighted by Crippen LogP contribution is 2.34. The van der Waals surface area contributed by atoms with Crippen LogP contribution in [0.1, 0.15) is 15.6 Å². The van der Waals surface area contributed by atoms with Gasteiger partial charge in [0, 0.05) is 57.2 Å². The van der Waals surface area contributed by atoms with Gasteiger partial charge in [0.25, 0.3) is 0 Å². The molecule has 1 aromatic heterocycles. The lowest BCUT2D eigenvalue weighted by atomic mass is 10.2. The van der Waals surface area contributed by atoms with Crippen LogP contribution in [0.3, 0.4) is 0 Å². The van der Waals surface area contributed by atoms with Crippen LogP contribution in [0.5, 0.6) is 0 Å². The largest absolute Gasteiger partial charge is 0.378 e. The summed E-state index contributed by atoms with van der Waals surface area (Å²) in [5.74, 6) is 0. The zero-order valence-electron chi connectivity index (χ0n) is 15.3.